The number of nitrogens with zero attached hydrogens (tertiary/aromatic N) is 4. The second kappa shape index (κ2) is 9.61. The number of aromatic nitrogens is 4. The van der Waals surface area contributed by atoms with Gasteiger partial charge in [0.15, 0.2) is 5.82 Å². The van der Waals surface area contributed by atoms with Gasteiger partial charge in [0.25, 0.3) is 0 Å². The maximum Gasteiger partial charge on any atom is 0.319 e. The minimum absolute atomic E-state index is 0.0679. The van der Waals surface area contributed by atoms with Gasteiger partial charge in [-0.25, -0.2) is 19.7 Å². The van der Waals surface area contributed by atoms with Crippen molar-refractivity contribution in [2.45, 2.75) is 51.8 Å². The molecule has 0 unspecified atom stereocenters. The third kappa shape index (κ3) is 4.75. The summed E-state index contributed by atoms with van der Waals surface area (Å²) in [5.41, 5.74) is 11.2. The van der Waals surface area contributed by atoms with Crippen molar-refractivity contribution in [1.82, 2.24) is 24.8 Å². The molecule has 1 aliphatic rings. The Morgan fingerprint density at radius 1 is 1.14 bits per heavy atom. The summed E-state index contributed by atoms with van der Waals surface area (Å²) in [7, 11) is 0. The van der Waals surface area contributed by atoms with E-state index in [1.807, 2.05) is 56.3 Å². The van der Waals surface area contributed by atoms with Gasteiger partial charge in [0.2, 0.25) is 0 Å². The van der Waals surface area contributed by atoms with Crippen molar-refractivity contribution in [1.29, 1.82) is 0 Å². The number of benzene rings is 2. The zero-order valence-electron chi connectivity index (χ0n) is 19.9. The fourth-order valence-corrected chi connectivity index (χ4v) is 4.35. The molecular weight excluding hydrogens is 442 g/mol. The molecule has 1 aliphatic carbocycles. The van der Waals surface area contributed by atoms with Crippen LogP contribution in [0.15, 0.2) is 55.1 Å². The van der Waals surface area contributed by atoms with Gasteiger partial charge in [-0.3, -0.25) is 0 Å². The normalized spacial score (nSPS) is 13.6. The molecule has 9 heteroatoms. The second-order valence-corrected chi connectivity index (χ2v) is 9.07. The number of urea groups is 1. The average molecular weight is 472 g/mol. The molecule has 1 saturated carbocycles. The molecule has 4 aromatic rings. The van der Waals surface area contributed by atoms with E-state index in [1.54, 1.807) is 0 Å². The number of amides is 2. The summed E-state index contributed by atoms with van der Waals surface area (Å²) < 4.78 is 8.31. The number of nitrogens with two attached hydrogens (primary N) is 1. The van der Waals surface area contributed by atoms with Gasteiger partial charge in [-0.1, -0.05) is 12.1 Å². The van der Waals surface area contributed by atoms with Gasteiger partial charge in [0.05, 0.1) is 16.9 Å². The maximum absolute atomic E-state index is 12.0. The number of hydrogen-bond donors (Lipinski definition) is 3. The predicted molar refractivity (Wildman–Crippen MR) is 136 cm³/mol. The number of ether oxygens (including phenoxy) is 1. The van der Waals surface area contributed by atoms with Gasteiger partial charge in [0.1, 0.15) is 25.0 Å². The number of hydrogen-bond acceptors (Lipinski definition) is 6. The van der Waals surface area contributed by atoms with Crippen LogP contribution in [0.25, 0.3) is 22.2 Å². The molecule has 2 amide bonds. The Hall–Kier alpha value is -4.14. The Labute approximate surface area is 203 Å². The topological polar surface area (TPSA) is 120 Å². The molecule has 0 spiro atoms. The van der Waals surface area contributed by atoms with Crippen LogP contribution >= 0.6 is 0 Å². The van der Waals surface area contributed by atoms with Crippen LogP contribution in [0.4, 0.5) is 16.2 Å². The highest BCUT2D eigenvalue weighted by atomic mass is 16.5. The minimum atomic E-state index is -0.222. The number of nitrogen functional groups attached to an aromatic ring is 1. The molecule has 2 aromatic heterocycles. The third-order valence-corrected chi connectivity index (χ3v) is 6.21. The molecule has 35 heavy (non-hydrogen) atoms. The number of anilines is 2. The highest BCUT2D eigenvalue weighted by Gasteiger charge is 2.27. The van der Waals surface area contributed by atoms with Crippen molar-refractivity contribution in [3.05, 3.63) is 60.9 Å². The van der Waals surface area contributed by atoms with E-state index in [-0.39, 0.29) is 18.7 Å². The molecule has 1 fully saturated rings. The Morgan fingerprint density at radius 2 is 1.89 bits per heavy atom. The number of carbonyl (C=O) groups excluding carboxylic acids is 1. The molecule has 0 atom stereocenters. The van der Waals surface area contributed by atoms with Gasteiger partial charge in [-0.05, 0) is 57.4 Å². The standard InChI is InChI=1S/C26H29N7O2/c1-16(2)31-26(34)32-18-8-6-17(7-9-18)25-24(27)21-11-10-20(35-13-23-29-14-28-15-30-23)12-22(21)33(25)19-4-3-5-19/h6-12,14-16,19H,3-5,13,27H2,1-2H3,(H2,31,32,34). The van der Waals surface area contributed by atoms with Crippen molar-refractivity contribution in [2.24, 2.45) is 0 Å². The number of nitrogens with one attached hydrogen (secondary N) is 2. The first-order valence-corrected chi connectivity index (χ1v) is 11.8. The van der Waals surface area contributed by atoms with Crippen LogP contribution in [0.1, 0.15) is 45.0 Å². The number of carbonyl (C=O) groups is 1. The zero-order chi connectivity index (χ0) is 24.4. The van der Waals surface area contributed by atoms with Crippen LogP contribution in [-0.4, -0.2) is 31.6 Å². The smallest absolute Gasteiger partial charge is 0.319 e. The molecule has 2 heterocycles. The highest BCUT2D eigenvalue weighted by Crippen LogP contribution is 2.45. The number of fused-ring (bicyclic) bond motifs is 1. The quantitative estimate of drug-likeness (QED) is 0.352. The number of rotatable bonds is 7. The van der Waals surface area contributed by atoms with Gasteiger partial charge in [0, 0.05) is 34.8 Å². The van der Waals surface area contributed by atoms with E-state index in [0.717, 1.165) is 52.1 Å². The van der Waals surface area contributed by atoms with Crippen LogP contribution in [0.3, 0.4) is 0 Å². The van der Waals surface area contributed by atoms with Crippen LogP contribution < -0.4 is 21.1 Å². The molecule has 2 aromatic carbocycles. The molecule has 180 valence electrons. The van der Waals surface area contributed by atoms with E-state index in [4.69, 9.17) is 10.5 Å². The summed E-state index contributed by atoms with van der Waals surface area (Å²) in [5, 5.41) is 6.70. The minimum Gasteiger partial charge on any atom is -0.486 e. The van der Waals surface area contributed by atoms with Crippen molar-refractivity contribution in [3.63, 3.8) is 0 Å². The Balaban J connectivity index is 1.47. The summed E-state index contributed by atoms with van der Waals surface area (Å²) in [6, 6.07) is 14.0. The summed E-state index contributed by atoms with van der Waals surface area (Å²) >= 11 is 0. The van der Waals surface area contributed by atoms with Crippen LogP contribution in [-0.2, 0) is 6.61 Å². The van der Waals surface area contributed by atoms with Gasteiger partial charge >= 0.3 is 6.03 Å². The molecular formula is C26H29N7O2. The zero-order valence-corrected chi connectivity index (χ0v) is 19.9. The SMILES string of the molecule is CC(C)NC(=O)Nc1ccc(-c2c(N)c3ccc(OCc4ncncn4)cc3n2C2CCC2)cc1. The molecule has 0 radical (unpaired) electrons. The van der Waals surface area contributed by atoms with Crippen LogP contribution in [0.5, 0.6) is 5.75 Å². The Morgan fingerprint density at radius 3 is 2.54 bits per heavy atom. The molecule has 9 nitrogen and oxygen atoms in total. The summed E-state index contributed by atoms with van der Waals surface area (Å²) in [4.78, 5) is 24.1. The van der Waals surface area contributed by atoms with E-state index in [0.29, 0.717) is 11.9 Å². The van der Waals surface area contributed by atoms with Crippen molar-refractivity contribution in [2.75, 3.05) is 11.1 Å². The van der Waals surface area contributed by atoms with E-state index in [1.165, 1.54) is 19.1 Å². The fourth-order valence-electron chi connectivity index (χ4n) is 4.35. The first kappa shape index (κ1) is 22.6. The van der Waals surface area contributed by atoms with E-state index < -0.39 is 0 Å². The van der Waals surface area contributed by atoms with E-state index >= 15 is 0 Å². The summed E-state index contributed by atoms with van der Waals surface area (Å²) in [6.45, 7) is 4.11. The lowest BCUT2D eigenvalue weighted by Crippen LogP contribution is -2.34. The van der Waals surface area contributed by atoms with Crippen LogP contribution in [0.2, 0.25) is 0 Å². The fraction of sp³-hybridized carbons (Fsp3) is 0.308. The largest absolute Gasteiger partial charge is 0.486 e. The third-order valence-electron chi connectivity index (χ3n) is 6.21. The summed E-state index contributed by atoms with van der Waals surface area (Å²) in [6.07, 6.45) is 6.34. The monoisotopic (exact) mass is 471 g/mol. The molecule has 0 aliphatic heterocycles. The predicted octanol–water partition coefficient (Wildman–Crippen LogP) is 4.91. The lowest BCUT2D eigenvalue weighted by molar-refractivity contribution is 0.250. The lowest BCUT2D eigenvalue weighted by atomic mass is 9.92. The molecule has 0 saturated heterocycles. The average Bonchev–Trinajstić information content (AvgIpc) is 3.09. The lowest BCUT2D eigenvalue weighted by Gasteiger charge is -2.30. The van der Waals surface area contributed by atoms with Crippen molar-refractivity contribution in [3.8, 4) is 17.0 Å². The van der Waals surface area contributed by atoms with Crippen LogP contribution in [0, 0.1) is 0 Å². The first-order chi connectivity index (χ1) is 17.0. The maximum atomic E-state index is 12.0. The molecule has 4 N–H and O–H groups in total. The van der Waals surface area contributed by atoms with Gasteiger partial charge in [-0.15, -0.1) is 0 Å². The van der Waals surface area contributed by atoms with E-state index in [9.17, 15) is 4.79 Å². The molecule has 0 bridgehead atoms. The highest BCUT2D eigenvalue weighted by molar-refractivity contribution is 6.02. The van der Waals surface area contributed by atoms with Crippen molar-refractivity contribution >= 4 is 28.3 Å². The van der Waals surface area contributed by atoms with Gasteiger partial charge < -0.3 is 25.7 Å². The van der Waals surface area contributed by atoms with E-state index in [2.05, 4.69) is 30.2 Å². The van der Waals surface area contributed by atoms with Gasteiger partial charge in [-0.2, -0.15) is 0 Å². The Kier molecular flexibility index (Phi) is 6.22. The first-order valence-electron chi connectivity index (χ1n) is 11.8. The Bertz CT molecular complexity index is 1330. The second-order valence-electron chi connectivity index (χ2n) is 9.07. The summed E-state index contributed by atoms with van der Waals surface area (Å²) in [5.74, 6) is 1.31. The van der Waals surface area contributed by atoms with Crippen molar-refractivity contribution < 1.29 is 9.53 Å². The molecule has 5 rings (SSSR count).